The zero-order chi connectivity index (χ0) is 25.2. The number of thiazole rings is 1. The first-order valence-corrected chi connectivity index (χ1v) is 12.2. The number of hydrogen-bond donors (Lipinski definition) is 1. The number of rotatable bonds is 7. The molecule has 1 aliphatic heterocycles. The Bertz CT molecular complexity index is 1400. The third kappa shape index (κ3) is 4.45. The average Bonchev–Trinajstić information content (AvgIpc) is 3.48. The van der Waals surface area contributed by atoms with E-state index in [1.165, 1.54) is 11.3 Å². The van der Waals surface area contributed by atoms with Crippen molar-refractivity contribution in [1.29, 1.82) is 0 Å². The van der Waals surface area contributed by atoms with Crippen LogP contribution in [0.15, 0.2) is 66.7 Å². The molecule has 0 bridgehead atoms. The maximum absolute atomic E-state index is 13.6. The lowest BCUT2D eigenvalue weighted by atomic mass is 9.92. The van der Waals surface area contributed by atoms with E-state index >= 15 is 0 Å². The van der Waals surface area contributed by atoms with Gasteiger partial charge in [-0.3, -0.25) is 9.59 Å². The molecule has 0 saturated carbocycles. The first-order valence-electron chi connectivity index (χ1n) is 11.4. The lowest BCUT2D eigenvalue weighted by molar-refractivity contribution is -0.122. The molecule has 0 radical (unpaired) electrons. The van der Waals surface area contributed by atoms with Gasteiger partial charge in [-0.05, 0) is 60.2 Å². The second-order valence-electron chi connectivity index (χ2n) is 8.33. The zero-order valence-electron chi connectivity index (χ0n) is 20.1. The summed E-state index contributed by atoms with van der Waals surface area (Å²) in [5.74, 6) is 1.11. The Morgan fingerprint density at radius 3 is 2.17 bits per heavy atom. The Balaban J connectivity index is 1.48. The second-order valence-corrected chi connectivity index (χ2v) is 9.36. The third-order valence-electron chi connectivity index (χ3n) is 6.29. The van der Waals surface area contributed by atoms with Gasteiger partial charge in [0.25, 0.3) is 0 Å². The number of nitrogens with zero attached hydrogens (tertiary/aromatic N) is 2. The SMILES string of the molecule is COc1ccc([C@H]2[C@H](C(=O)Nc3nc4ccc(OC)cc4s3)CC(=O)N2c2ccc(OC)cc2)cc1. The van der Waals surface area contributed by atoms with E-state index < -0.39 is 12.0 Å². The predicted molar refractivity (Wildman–Crippen MR) is 139 cm³/mol. The van der Waals surface area contributed by atoms with E-state index in [4.69, 9.17) is 14.2 Å². The van der Waals surface area contributed by atoms with Gasteiger partial charge in [0, 0.05) is 12.1 Å². The first kappa shape index (κ1) is 23.6. The highest BCUT2D eigenvalue weighted by Gasteiger charge is 2.45. The van der Waals surface area contributed by atoms with Crippen LogP contribution in [-0.2, 0) is 9.59 Å². The molecule has 8 nitrogen and oxygen atoms in total. The average molecular weight is 504 g/mol. The van der Waals surface area contributed by atoms with Gasteiger partial charge >= 0.3 is 0 Å². The second kappa shape index (κ2) is 9.87. The summed E-state index contributed by atoms with van der Waals surface area (Å²) in [4.78, 5) is 33.1. The molecule has 1 saturated heterocycles. The number of fused-ring (bicyclic) bond motifs is 1. The molecule has 0 aliphatic carbocycles. The third-order valence-corrected chi connectivity index (χ3v) is 7.23. The Morgan fingerprint density at radius 2 is 1.53 bits per heavy atom. The van der Waals surface area contributed by atoms with Crippen LogP contribution in [0.25, 0.3) is 10.2 Å². The highest BCUT2D eigenvalue weighted by molar-refractivity contribution is 7.22. The van der Waals surface area contributed by atoms with E-state index in [-0.39, 0.29) is 18.2 Å². The molecule has 3 aromatic carbocycles. The fourth-order valence-electron chi connectivity index (χ4n) is 4.48. The van der Waals surface area contributed by atoms with Crippen LogP contribution in [0.4, 0.5) is 10.8 Å². The predicted octanol–water partition coefficient (Wildman–Crippen LogP) is 5.06. The molecule has 0 unspecified atom stereocenters. The van der Waals surface area contributed by atoms with E-state index in [1.54, 1.807) is 38.4 Å². The lowest BCUT2D eigenvalue weighted by Gasteiger charge is -2.28. The molecule has 4 aromatic rings. The summed E-state index contributed by atoms with van der Waals surface area (Å²) in [6, 6.07) is 19.8. The van der Waals surface area contributed by atoms with E-state index in [1.807, 2.05) is 54.6 Å². The molecule has 2 atom stereocenters. The van der Waals surface area contributed by atoms with Crippen LogP contribution >= 0.6 is 11.3 Å². The molecule has 2 amide bonds. The first-order chi connectivity index (χ1) is 17.5. The molecule has 0 spiro atoms. The number of anilines is 2. The molecule has 1 aliphatic rings. The van der Waals surface area contributed by atoms with Crippen molar-refractivity contribution < 1.29 is 23.8 Å². The smallest absolute Gasteiger partial charge is 0.232 e. The molecule has 184 valence electrons. The van der Waals surface area contributed by atoms with Crippen molar-refractivity contribution in [2.75, 3.05) is 31.5 Å². The largest absolute Gasteiger partial charge is 0.497 e. The van der Waals surface area contributed by atoms with Gasteiger partial charge in [-0.25, -0.2) is 4.98 Å². The molecular weight excluding hydrogens is 478 g/mol. The molecule has 9 heteroatoms. The Hall–Kier alpha value is -4.11. The van der Waals surface area contributed by atoms with Gasteiger partial charge in [-0.2, -0.15) is 0 Å². The van der Waals surface area contributed by atoms with Gasteiger partial charge in [-0.1, -0.05) is 23.5 Å². The van der Waals surface area contributed by atoms with Crippen LogP contribution in [0.1, 0.15) is 18.0 Å². The van der Waals surface area contributed by atoms with Gasteiger partial charge in [0.2, 0.25) is 11.8 Å². The summed E-state index contributed by atoms with van der Waals surface area (Å²) >= 11 is 1.37. The summed E-state index contributed by atoms with van der Waals surface area (Å²) < 4.78 is 16.8. The van der Waals surface area contributed by atoms with Gasteiger partial charge in [-0.15, -0.1) is 0 Å². The van der Waals surface area contributed by atoms with Gasteiger partial charge in [0.05, 0.1) is 43.5 Å². The van der Waals surface area contributed by atoms with E-state index in [0.29, 0.717) is 22.3 Å². The number of carbonyl (C=O) groups is 2. The van der Waals surface area contributed by atoms with Gasteiger partial charge in [0.1, 0.15) is 17.2 Å². The molecule has 1 aromatic heterocycles. The van der Waals surface area contributed by atoms with Crippen LogP contribution in [0, 0.1) is 5.92 Å². The number of aromatic nitrogens is 1. The van der Waals surface area contributed by atoms with Crippen LogP contribution in [-0.4, -0.2) is 38.1 Å². The minimum absolute atomic E-state index is 0.0767. The number of amides is 2. The van der Waals surface area contributed by atoms with Crippen molar-refractivity contribution >= 4 is 44.2 Å². The van der Waals surface area contributed by atoms with E-state index in [2.05, 4.69) is 10.3 Å². The number of carbonyl (C=O) groups excluding carboxylic acids is 2. The minimum Gasteiger partial charge on any atom is -0.497 e. The van der Waals surface area contributed by atoms with E-state index in [9.17, 15) is 9.59 Å². The lowest BCUT2D eigenvalue weighted by Crippen LogP contribution is -2.32. The van der Waals surface area contributed by atoms with Crippen LogP contribution in [0.5, 0.6) is 17.2 Å². The topological polar surface area (TPSA) is 90.0 Å². The van der Waals surface area contributed by atoms with Gasteiger partial charge in [0.15, 0.2) is 5.13 Å². The quantitative estimate of drug-likeness (QED) is 0.379. The Labute approximate surface area is 212 Å². The number of methoxy groups -OCH3 is 3. The minimum atomic E-state index is -0.616. The van der Waals surface area contributed by atoms with E-state index in [0.717, 1.165) is 21.5 Å². The zero-order valence-corrected chi connectivity index (χ0v) is 20.9. The molecular formula is C27H25N3O5S. The van der Waals surface area contributed by atoms with Crippen molar-refractivity contribution in [3.05, 3.63) is 72.3 Å². The number of nitrogens with one attached hydrogen (secondary N) is 1. The highest BCUT2D eigenvalue weighted by Crippen LogP contribution is 2.43. The van der Waals surface area contributed by atoms with Crippen molar-refractivity contribution in [3.8, 4) is 17.2 Å². The van der Waals surface area contributed by atoms with Crippen LogP contribution in [0.3, 0.4) is 0 Å². The van der Waals surface area contributed by atoms with Crippen LogP contribution in [0.2, 0.25) is 0 Å². The molecule has 2 heterocycles. The van der Waals surface area contributed by atoms with Crippen LogP contribution < -0.4 is 24.4 Å². The summed E-state index contributed by atoms with van der Waals surface area (Å²) in [7, 11) is 4.80. The number of ether oxygens (including phenoxy) is 3. The Morgan fingerprint density at radius 1 is 0.917 bits per heavy atom. The maximum atomic E-state index is 13.6. The normalized spacial score (nSPS) is 17.3. The van der Waals surface area contributed by atoms with Crippen molar-refractivity contribution in [1.82, 2.24) is 4.98 Å². The maximum Gasteiger partial charge on any atom is 0.232 e. The molecule has 36 heavy (non-hydrogen) atoms. The standard InChI is InChI=1S/C27H25N3O5S/c1-33-18-8-4-16(5-9-18)25-21(15-24(31)30(25)17-6-10-19(34-2)11-7-17)26(32)29-27-28-22-13-12-20(35-3)14-23(22)36-27/h4-14,21,25H,15H2,1-3H3,(H,28,29,32)/t21-,25+/m1/s1. The Kier molecular flexibility index (Phi) is 6.47. The summed E-state index contributed by atoms with van der Waals surface area (Å²) in [5.41, 5.74) is 2.31. The van der Waals surface area contributed by atoms with Crippen molar-refractivity contribution in [3.63, 3.8) is 0 Å². The molecule has 1 N–H and O–H groups in total. The monoisotopic (exact) mass is 503 g/mol. The summed E-state index contributed by atoms with van der Waals surface area (Å²) in [6.07, 6.45) is 0.0767. The fraction of sp³-hybridized carbons (Fsp3) is 0.222. The number of hydrogen-bond acceptors (Lipinski definition) is 7. The van der Waals surface area contributed by atoms with Crippen molar-refractivity contribution in [2.45, 2.75) is 12.5 Å². The van der Waals surface area contributed by atoms with Crippen molar-refractivity contribution in [2.24, 2.45) is 5.92 Å². The van der Waals surface area contributed by atoms with Gasteiger partial charge < -0.3 is 24.4 Å². The fourth-order valence-corrected chi connectivity index (χ4v) is 5.38. The molecule has 5 rings (SSSR count). The molecule has 1 fully saturated rings. The summed E-state index contributed by atoms with van der Waals surface area (Å²) in [6.45, 7) is 0. The summed E-state index contributed by atoms with van der Waals surface area (Å²) in [5, 5.41) is 3.43. The number of benzene rings is 3. The highest BCUT2D eigenvalue weighted by atomic mass is 32.1.